The van der Waals surface area contributed by atoms with Crippen LogP contribution in [0.2, 0.25) is 0 Å². The fourth-order valence-electron chi connectivity index (χ4n) is 1.87. The number of ether oxygens (including phenoxy) is 1. The first-order valence-electron chi connectivity index (χ1n) is 5.39. The number of aliphatic carboxylic acids is 1. The highest BCUT2D eigenvalue weighted by molar-refractivity contribution is 7.71. The van der Waals surface area contributed by atoms with Gasteiger partial charge in [-0.3, -0.25) is 14.3 Å². The van der Waals surface area contributed by atoms with Gasteiger partial charge < -0.3 is 20.1 Å². The lowest BCUT2D eigenvalue weighted by atomic mass is 10.1. The molecule has 1 saturated heterocycles. The number of carboxylic acids is 1. The number of aromatic amines is 1. The van der Waals surface area contributed by atoms with Crippen LogP contribution in [-0.4, -0.2) is 49.2 Å². The Bertz CT molecular complexity index is 623. The minimum atomic E-state index is -1.57. The molecule has 0 saturated carbocycles. The van der Waals surface area contributed by atoms with Crippen molar-refractivity contribution in [3.8, 4) is 0 Å². The van der Waals surface area contributed by atoms with Crippen LogP contribution in [0.1, 0.15) is 11.8 Å². The normalized spacial score (nSPS) is 30.5. The summed E-state index contributed by atoms with van der Waals surface area (Å²) in [5.41, 5.74) is -0.0678. The lowest BCUT2D eigenvalue weighted by molar-refractivity contribution is -0.155. The standard InChI is InChI=1S/C10H12N2O6S/c1-3-2-12(10(19)11-7(3)15)8-5(14)4(13)6(18-8)9(16)17/h2,4-6,8,13-14H,1H3,(H,16,17)(H,11,15,19)/t4-,5+,6-,8+/m0/s1. The van der Waals surface area contributed by atoms with Gasteiger partial charge in [0.2, 0.25) is 0 Å². The molecule has 0 bridgehead atoms. The Morgan fingerprint density at radius 1 is 1.47 bits per heavy atom. The van der Waals surface area contributed by atoms with Crippen molar-refractivity contribution in [3.63, 3.8) is 0 Å². The van der Waals surface area contributed by atoms with E-state index in [2.05, 4.69) is 4.98 Å². The summed E-state index contributed by atoms with van der Waals surface area (Å²) in [6, 6.07) is 0. The summed E-state index contributed by atoms with van der Waals surface area (Å²) in [6.07, 6.45) is -4.41. The van der Waals surface area contributed by atoms with Gasteiger partial charge in [-0.1, -0.05) is 0 Å². The Kier molecular flexibility index (Phi) is 3.54. The molecule has 9 heteroatoms. The van der Waals surface area contributed by atoms with Crippen LogP contribution in [0.5, 0.6) is 0 Å². The monoisotopic (exact) mass is 288 g/mol. The molecular weight excluding hydrogens is 276 g/mol. The maximum absolute atomic E-state index is 11.3. The molecule has 0 unspecified atom stereocenters. The Morgan fingerprint density at radius 3 is 2.63 bits per heavy atom. The molecule has 2 rings (SSSR count). The van der Waals surface area contributed by atoms with Crippen molar-refractivity contribution >= 4 is 18.2 Å². The van der Waals surface area contributed by atoms with E-state index in [1.807, 2.05) is 0 Å². The molecule has 1 aliphatic heterocycles. The molecule has 2 heterocycles. The van der Waals surface area contributed by atoms with Crippen molar-refractivity contribution in [2.45, 2.75) is 31.5 Å². The highest BCUT2D eigenvalue weighted by Gasteiger charge is 2.47. The Labute approximate surface area is 111 Å². The second-order valence-corrected chi connectivity index (χ2v) is 4.63. The van der Waals surface area contributed by atoms with E-state index in [1.165, 1.54) is 17.7 Å². The molecule has 1 fully saturated rings. The number of aromatic nitrogens is 2. The SMILES string of the molecule is Cc1cn([C@@H]2O[C@H](C(=O)O)[C@@H](O)[C@H]2O)c(=S)[nH]c1=O. The number of aliphatic hydroxyl groups is 2. The van der Waals surface area contributed by atoms with Crippen LogP contribution in [0.25, 0.3) is 0 Å². The summed E-state index contributed by atoms with van der Waals surface area (Å²) >= 11 is 4.92. The molecule has 0 aromatic carbocycles. The molecular formula is C10H12N2O6S. The molecule has 0 aliphatic carbocycles. The first-order valence-corrected chi connectivity index (χ1v) is 5.80. The minimum Gasteiger partial charge on any atom is -0.479 e. The van der Waals surface area contributed by atoms with Crippen LogP contribution in [0.4, 0.5) is 0 Å². The van der Waals surface area contributed by atoms with Gasteiger partial charge in [-0.2, -0.15) is 0 Å². The molecule has 104 valence electrons. The predicted octanol–water partition coefficient (Wildman–Crippen LogP) is -1.08. The maximum Gasteiger partial charge on any atom is 0.335 e. The molecule has 0 spiro atoms. The summed E-state index contributed by atoms with van der Waals surface area (Å²) < 4.78 is 6.27. The summed E-state index contributed by atoms with van der Waals surface area (Å²) in [5, 5.41) is 28.3. The van der Waals surface area contributed by atoms with Gasteiger partial charge in [0.05, 0.1) is 0 Å². The third-order valence-corrected chi connectivity index (χ3v) is 3.21. The number of nitrogens with zero attached hydrogens (tertiary/aromatic N) is 1. The maximum atomic E-state index is 11.3. The van der Waals surface area contributed by atoms with Gasteiger partial charge in [0.25, 0.3) is 5.56 Å². The molecule has 0 radical (unpaired) electrons. The van der Waals surface area contributed by atoms with Gasteiger partial charge in [-0.15, -0.1) is 0 Å². The predicted molar refractivity (Wildman–Crippen MR) is 64.2 cm³/mol. The average molecular weight is 288 g/mol. The smallest absolute Gasteiger partial charge is 0.335 e. The van der Waals surface area contributed by atoms with E-state index < -0.39 is 30.5 Å². The second kappa shape index (κ2) is 4.85. The quantitative estimate of drug-likeness (QED) is 0.510. The van der Waals surface area contributed by atoms with Crippen molar-refractivity contribution in [2.24, 2.45) is 0 Å². The first-order chi connectivity index (χ1) is 8.82. The zero-order valence-electron chi connectivity index (χ0n) is 9.81. The van der Waals surface area contributed by atoms with Crippen molar-refractivity contribution in [2.75, 3.05) is 0 Å². The Hall–Kier alpha value is -1.55. The Balaban J connectivity index is 2.44. The molecule has 4 N–H and O–H groups in total. The van der Waals surface area contributed by atoms with Crippen molar-refractivity contribution in [3.05, 3.63) is 26.9 Å². The molecule has 4 atom stereocenters. The third-order valence-electron chi connectivity index (χ3n) is 2.90. The van der Waals surface area contributed by atoms with Crippen LogP contribution < -0.4 is 5.56 Å². The molecule has 1 aromatic heterocycles. The van der Waals surface area contributed by atoms with Crippen molar-refractivity contribution in [1.82, 2.24) is 9.55 Å². The number of carboxylic acid groups (broad SMARTS) is 1. The lowest BCUT2D eigenvalue weighted by Gasteiger charge is -2.18. The van der Waals surface area contributed by atoms with Crippen molar-refractivity contribution < 1.29 is 24.9 Å². The number of hydrogen-bond acceptors (Lipinski definition) is 6. The van der Waals surface area contributed by atoms with Gasteiger partial charge in [0.15, 0.2) is 17.1 Å². The number of carbonyl (C=O) groups is 1. The minimum absolute atomic E-state index is 0.0297. The van der Waals surface area contributed by atoms with Crippen molar-refractivity contribution in [1.29, 1.82) is 0 Å². The fourth-order valence-corrected chi connectivity index (χ4v) is 2.12. The van der Waals surface area contributed by atoms with E-state index in [-0.39, 0.29) is 10.3 Å². The largest absolute Gasteiger partial charge is 0.479 e. The van der Waals surface area contributed by atoms with Crippen LogP contribution in [0, 0.1) is 11.7 Å². The number of aliphatic hydroxyl groups excluding tert-OH is 2. The van der Waals surface area contributed by atoms with Gasteiger partial charge in [-0.05, 0) is 19.1 Å². The second-order valence-electron chi connectivity index (χ2n) is 4.25. The highest BCUT2D eigenvalue weighted by atomic mass is 32.1. The van der Waals surface area contributed by atoms with Gasteiger partial charge in [-0.25, -0.2) is 4.79 Å². The first kappa shape index (κ1) is 13.9. The van der Waals surface area contributed by atoms with E-state index in [1.54, 1.807) is 0 Å². The third kappa shape index (κ3) is 2.32. The summed E-state index contributed by atoms with van der Waals surface area (Å²) in [6.45, 7) is 1.52. The van der Waals surface area contributed by atoms with E-state index in [4.69, 9.17) is 22.1 Å². The van der Waals surface area contributed by atoms with Gasteiger partial charge >= 0.3 is 5.97 Å². The van der Waals surface area contributed by atoms with Crippen LogP contribution in [0.3, 0.4) is 0 Å². The van der Waals surface area contributed by atoms with E-state index in [0.717, 1.165) is 0 Å². The number of nitrogens with one attached hydrogen (secondary N) is 1. The number of aryl methyl sites for hydroxylation is 1. The lowest BCUT2D eigenvalue weighted by Crippen LogP contribution is -2.36. The van der Waals surface area contributed by atoms with Crippen LogP contribution >= 0.6 is 12.2 Å². The zero-order chi connectivity index (χ0) is 14.3. The molecule has 1 aromatic rings. The Morgan fingerprint density at radius 2 is 2.11 bits per heavy atom. The topological polar surface area (TPSA) is 125 Å². The summed E-state index contributed by atoms with van der Waals surface area (Å²) in [4.78, 5) is 24.6. The van der Waals surface area contributed by atoms with Crippen LogP contribution in [0.15, 0.2) is 11.0 Å². The molecule has 8 nitrogen and oxygen atoms in total. The molecule has 1 aliphatic rings. The summed E-state index contributed by atoms with van der Waals surface area (Å²) in [5.74, 6) is -1.39. The number of rotatable bonds is 2. The van der Waals surface area contributed by atoms with E-state index in [9.17, 15) is 19.8 Å². The van der Waals surface area contributed by atoms with E-state index >= 15 is 0 Å². The average Bonchev–Trinajstić information content (AvgIpc) is 2.62. The summed E-state index contributed by atoms with van der Waals surface area (Å²) in [7, 11) is 0. The van der Waals surface area contributed by atoms with Crippen LogP contribution in [-0.2, 0) is 9.53 Å². The molecule has 0 amide bonds. The molecule has 19 heavy (non-hydrogen) atoms. The zero-order valence-corrected chi connectivity index (χ0v) is 10.6. The number of hydrogen-bond donors (Lipinski definition) is 4. The highest BCUT2D eigenvalue weighted by Crippen LogP contribution is 2.29. The fraction of sp³-hybridized carbons (Fsp3) is 0.500. The number of H-pyrrole nitrogens is 1. The van der Waals surface area contributed by atoms with E-state index in [0.29, 0.717) is 5.56 Å². The van der Waals surface area contributed by atoms with Gasteiger partial charge in [0.1, 0.15) is 12.2 Å². The van der Waals surface area contributed by atoms with Gasteiger partial charge in [0, 0.05) is 11.8 Å².